The molecule has 0 bridgehead atoms. The van der Waals surface area contributed by atoms with Gasteiger partial charge in [0.15, 0.2) is 0 Å². The van der Waals surface area contributed by atoms with Gasteiger partial charge >= 0.3 is 17.9 Å². The molecule has 0 aliphatic rings. The van der Waals surface area contributed by atoms with E-state index in [1.54, 1.807) is 0 Å². The number of carbonyl (C=O) groups excluding carboxylic acids is 2. The van der Waals surface area contributed by atoms with Gasteiger partial charge in [0.25, 0.3) is 0 Å². The molecule has 0 spiro atoms. The largest absolute Gasteiger partial charge is 0.478 e. The van der Waals surface area contributed by atoms with Crippen molar-refractivity contribution in [1.82, 2.24) is 0 Å². The Morgan fingerprint density at radius 2 is 0.857 bits per heavy atom. The van der Waals surface area contributed by atoms with E-state index in [2.05, 4.69) is 13.8 Å². The van der Waals surface area contributed by atoms with Crippen LogP contribution in [0.25, 0.3) is 0 Å². The number of aromatic carboxylic acids is 1. The molecule has 1 rings (SSSR count). The lowest BCUT2D eigenvalue weighted by Gasteiger charge is -2.09. The molecule has 0 fully saturated rings. The molecule has 1 N–H and O–H groups in total. The molecule has 198 valence electrons. The molecule has 0 aliphatic carbocycles. The van der Waals surface area contributed by atoms with Crippen molar-refractivity contribution in [2.24, 2.45) is 0 Å². The molecule has 1 aromatic rings. The standard InChI is InChI=1S/C29H46O6/c1-3-5-7-9-11-13-15-17-19-34-28(32)25-21-24(27(30)31)22-26(23-25)29(33)35-20-18-16-14-12-10-8-6-4-2/h21-23H,3-20H2,1-2H3,(H,30,31). The van der Waals surface area contributed by atoms with E-state index in [0.29, 0.717) is 0 Å². The second-order valence-corrected chi connectivity index (χ2v) is 9.33. The molecule has 1 aromatic carbocycles. The van der Waals surface area contributed by atoms with Crippen molar-refractivity contribution in [3.8, 4) is 0 Å². The summed E-state index contributed by atoms with van der Waals surface area (Å²) in [6, 6.07) is 3.85. The molecule has 6 nitrogen and oxygen atoms in total. The van der Waals surface area contributed by atoms with Crippen LogP contribution in [0.5, 0.6) is 0 Å². The van der Waals surface area contributed by atoms with Gasteiger partial charge in [-0.05, 0) is 31.0 Å². The van der Waals surface area contributed by atoms with Gasteiger partial charge in [-0.3, -0.25) is 0 Å². The first-order valence-electron chi connectivity index (χ1n) is 13.7. The van der Waals surface area contributed by atoms with Crippen LogP contribution in [0, 0.1) is 0 Å². The maximum absolute atomic E-state index is 12.5. The van der Waals surface area contributed by atoms with E-state index < -0.39 is 17.9 Å². The number of hydrogen-bond donors (Lipinski definition) is 1. The first-order chi connectivity index (χ1) is 17.0. The van der Waals surface area contributed by atoms with Crippen LogP contribution in [0.15, 0.2) is 18.2 Å². The lowest BCUT2D eigenvalue weighted by Crippen LogP contribution is -2.13. The minimum Gasteiger partial charge on any atom is -0.478 e. The Morgan fingerprint density at radius 3 is 1.20 bits per heavy atom. The highest BCUT2D eigenvalue weighted by atomic mass is 16.5. The Hall–Kier alpha value is -2.37. The summed E-state index contributed by atoms with van der Waals surface area (Å²) in [6.45, 7) is 4.96. The molecule has 0 amide bonds. The van der Waals surface area contributed by atoms with Crippen molar-refractivity contribution in [3.63, 3.8) is 0 Å². The zero-order valence-corrected chi connectivity index (χ0v) is 21.9. The Morgan fingerprint density at radius 1 is 0.543 bits per heavy atom. The van der Waals surface area contributed by atoms with Crippen molar-refractivity contribution in [3.05, 3.63) is 34.9 Å². The Balaban J connectivity index is 2.43. The maximum atomic E-state index is 12.5. The van der Waals surface area contributed by atoms with Crippen LogP contribution in [-0.2, 0) is 9.47 Å². The summed E-state index contributed by atoms with van der Waals surface area (Å²) in [5, 5.41) is 9.39. The predicted octanol–water partition coefficient (Wildman–Crippen LogP) is 7.98. The molecule has 6 heteroatoms. The third-order valence-corrected chi connectivity index (χ3v) is 6.11. The molecular weight excluding hydrogens is 444 g/mol. The molecule has 0 radical (unpaired) electrons. The molecule has 0 saturated heterocycles. The normalized spacial score (nSPS) is 10.8. The molecule has 0 saturated carbocycles. The summed E-state index contributed by atoms with van der Waals surface area (Å²) in [5.41, 5.74) is -0.0162. The topological polar surface area (TPSA) is 89.9 Å². The third kappa shape index (κ3) is 14.6. The number of unbranched alkanes of at least 4 members (excludes halogenated alkanes) is 14. The fraction of sp³-hybridized carbons (Fsp3) is 0.690. The Bertz CT molecular complexity index is 690. The van der Waals surface area contributed by atoms with Crippen molar-refractivity contribution in [1.29, 1.82) is 0 Å². The van der Waals surface area contributed by atoms with Crippen LogP contribution >= 0.6 is 0 Å². The van der Waals surface area contributed by atoms with Gasteiger partial charge in [-0.1, -0.05) is 104 Å². The van der Waals surface area contributed by atoms with Crippen molar-refractivity contribution >= 4 is 17.9 Å². The van der Waals surface area contributed by atoms with E-state index in [1.807, 2.05) is 0 Å². The van der Waals surface area contributed by atoms with Gasteiger partial charge in [0.2, 0.25) is 0 Å². The van der Waals surface area contributed by atoms with Gasteiger partial charge in [0.05, 0.1) is 29.9 Å². The monoisotopic (exact) mass is 490 g/mol. The SMILES string of the molecule is CCCCCCCCCCOC(=O)c1cc(C(=O)O)cc(C(=O)OCCCCCCCCCC)c1. The highest BCUT2D eigenvalue weighted by molar-refractivity contribution is 6.00. The summed E-state index contributed by atoms with van der Waals surface area (Å²) in [6.07, 6.45) is 18.2. The number of carboxylic acids is 1. The van der Waals surface area contributed by atoms with Crippen LogP contribution in [0.4, 0.5) is 0 Å². The van der Waals surface area contributed by atoms with Crippen LogP contribution in [0.3, 0.4) is 0 Å². The number of carbonyl (C=O) groups is 3. The van der Waals surface area contributed by atoms with Gasteiger partial charge in [-0.15, -0.1) is 0 Å². The fourth-order valence-electron chi connectivity index (χ4n) is 3.96. The van der Waals surface area contributed by atoms with Gasteiger partial charge < -0.3 is 14.6 Å². The number of hydrogen-bond acceptors (Lipinski definition) is 5. The molecule has 35 heavy (non-hydrogen) atoms. The number of benzene rings is 1. The van der Waals surface area contributed by atoms with E-state index >= 15 is 0 Å². The second kappa shape index (κ2) is 19.9. The number of esters is 2. The van der Waals surface area contributed by atoms with E-state index in [9.17, 15) is 19.5 Å². The number of rotatable bonds is 21. The minimum absolute atomic E-state index is 0.0588. The van der Waals surface area contributed by atoms with Crippen LogP contribution in [0.2, 0.25) is 0 Å². The lowest BCUT2D eigenvalue weighted by molar-refractivity contribution is 0.0496. The average molecular weight is 491 g/mol. The summed E-state index contributed by atoms with van der Waals surface area (Å²) >= 11 is 0. The van der Waals surface area contributed by atoms with Gasteiger partial charge in [0, 0.05) is 0 Å². The van der Waals surface area contributed by atoms with Crippen molar-refractivity contribution in [2.75, 3.05) is 13.2 Å². The number of ether oxygens (including phenoxy) is 2. The molecule has 0 unspecified atom stereocenters. The maximum Gasteiger partial charge on any atom is 0.338 e. The molecule has 0 atom stereocenters. The highest BCUT2D eigenvalue weighted by Gasteiger charge is 2.17. The zero-order valence-electron chi connectivity index (χ0n) is 21.9. The molecule has 0 aliphatic heterocycles. The average Bonchev–Trinajstić information content (AvgIpc) is 2.86. The Kier molecular flexibility index (Phi) is 17.4. The predicted molar refractivity (Wildman–Crippen MR) is 139 cm³/mol. The number of carboxylic acid groups (broad SMARTS) is 1. The summed E-state index contributed by atoms with van der Waals surface area (Å²) in [5.74, 6) is -2.44. The summed E-state index contributed by atoms with van der Waals surface area (Å²) < 4.78 is 10.6. The minimum atomic E-state index is -1.21. The van der Waals surface area contributed by atoms with E-state index in [0.717, 1.165) is 38.5 Å². The third-order valence-electron chi connectivity index (χ3n) is 6.11. The first-order valence-corrected chi connectivity index (χ1v) is 13.7. The summed E-state index contributed by atoms with van der Waals surface area (Å²) in [7, 11) is 0. The first kappa shape index (κ1) is 30.7. The van der Waals surface area contributed by atoms with Gasteiger partial charge in [-0.2, -0.15) is 0 Å². The quantitative estimate of drug-likeness (QED) is 0.139. The smallest absolute Gasteiger partial charge is 0.338 e. The fourth-order valence-corrected chi connectivity index (χ4v) is 3.96. The van der Waals surface area contributed by atoms with E-state index in [4.69, 9.17) is 9.47 Å². The summed E-state index contributed by atoms with van der Waals surface area (Å²) in [4.78, 5) is 36.4. The molecule has 0 aromatic heterocycles. The van der Waals surface area contributed by atoms with Crippen molar-refractivity contribution < 1.29 is 29.0 Å². The van der Waals surface area contributed by atoms with Crippen LogP contribution < -0.4 is 0 Å². The zero-order chi connectivity index (χ0) is 25.7. The highest BCUT2D eigenvalue weighted by Crippen LogP contribution is 2.15. The van der Waals surface area contributed by atoms with Crippen LogP contribution in [-0.4, -0.2) is 36.2 Å². The molecule has 0 heterocycles. The van der Waals surface area contributed by atoms with Gasteiger partial charge in [0.1, 0.15) is 0 Å². The van der Waals surface area contributed by atoms with Crippen LogP contribution in [0.1, 0.15) is 148 Å². The van der Waals surface area contributed by atoms with Crippen molar-refractivity contribution in [2.45, 2.75) is 117 Å². The second-order valence-electron chi connectivity index (χ2n) is 9.33. The van der Waals surface area contributed by atoms with E-state index in [-0.39, 0.29) is 29.9 Å². The Labute approximate surface area is 211 Å². The van der Waals surface area contributed by atoms with Gasteiger partial charge in [-0.25, -0.2) is 14.4 Å². The molecular formula is C29H46O6. The lowest BCUT2D eigenvalue weighted by atomic mass is 10.1. The van der Waals surface area contributed by atoms with E-state index in [1.165, 1.54) is 82.4 Å².